The summed E-state index contributed by atoms with van der Waals surface area (Å²) in [4.78, 5) is 15.3. The van der Waals surface area contributed by atoms with Gasteiger partial charge in [-0.15, -0.1) is 0 Å². The zero-order valence-electron chi connectivity index (χ0n) is 17.3. The van der Waals surface area contributed by atoms with E-state index in [1.807, 2.05) is 17.0 Å². The van der Waals surface area contributed by atoms with Gasteiger partial charge in [-0.1, -0.05) is 0 Å². The number of ether oxygens (including phenoxy) is 5. The van der Waals surface area contributed by atoms with Crippen LogP contribution in [0.2, 0.25) is 0 Å². The Morgan fingerprint density at radius 1 is 0.828 bits per heavy atom. The summed E-state index contributed by atoms with van der Waals surface area (Å²) in [5, 5.41) is 0. The van der Waals surface area contributed by atoms with Crippen molar-refractivity contribution in [3.05, 3.63) is 40.5 Å². The normalized spacial score (nSPS) is 17.1. The molecular weight excluding hydrogens is 374 g/mol. The molecular formula is C22H25NO6. The SMILES string of the molecule is COc1cc2c(cc1OC)C1Cc3c(cc(OC)c(OC)c3OC)C(=O)N1CC2. The van der Waals surface area contributed by atoms with Gasteiger partial charge in [0.15, 0.2) is 23.0 Å². The molecule has 0 fully saturated rings. The average Bonchev–Trinajstić information content (AvgIpc) is 2.76. The minimum Gasteiger partial charge on any atom is -0.493 e. The highest BCUT2D eigenvalue weighted by Gasteiger charge is 2.40. The van der Waals surface area contributed by atoms with E-state index >= 15 is 0 Å². The first-order valence-electron chi connectivity index (χ1n) is 9.45. The largest absolute Gasteiger partial charge is 0.493 e. The topological polar surface area (TPSA) is 66.5 Å². The number of amides is 1. The van der Waals surface area contributed by atoms with Gasteiger partial charge in [-0.25, -0.2) is 0 Å². The van der Waals surface area contributed by atoms with Crippen molar-refractivity contribution in [3.63, 3.8) is 0 Å². The molecule has 0 saturated carbocycles. The summed E-state index contributed by atoms with van der Waals surface area (Å²) in [7, 11) is 7.95. The predicted octanol–water partition coefficient (Wildman–Crippen LogP) is 3.03. The Labute approximate surface area is 170 Å². The second kappa shape index (κ2) is 7.39. The summed E-state index contributed by atoms with van der Waals surface area (Å²) in [5.41, 5.74) is 3.67. The molecule has 0 aromatic heterocycles. The van der Waals surface area contributed by atoms with E-state index in [2.05, 4.69) is 0 Å². The fraction of sp³-hybridized carbons (Fsp3) is 0.409. The molecule has 2 heterocycles. The molecule has 1 atom stereocenters. The van der Waals surface area contributed by atoms with Gasteiger partial charge in [0.1, 0.15) is 0 Å². The van der Waals surface area contributed by atoms with Crippen molar-refractivity contribution in [2.45, 2.75) is 18.9 Å². The first-order chi connectivity index (χ1) is 14.1. The fourth-order valence-electron chi connectivity index (χ4n) is 4.45. The smallest absolute Gasteiger partial charge is 0.254 e. The first-order valence-corrected chi connectivity index (χ1v) is 9.45. The van der Waals surface area contributed by atoms with Crippen molar-refractivity contribution in [1.82, 2.24) is 4.90 Å². The lowest BCUT2D eigenvalue weighted by Gasteiger charge is -2.42. The summed E-state index contributed by atoms with van der Waals surface area (Å²) in [6, 6.07) is 5.64. The van der Waals surface area contributed by atoms with Crippen LogP contribution in [0.15, 0.2) is 18.2 Å². The van der Waals surface area contributed by atoms with Crippen LogP contribution in [0.3, 0.4) is 0 Å². The van der Waals surface area contributed by atoms with Gasteiger partial charge in [0, 0.05) is 18.5 Å². The van der Waals surface area contributed by atoms with Gasteiger partial charge in [0.25, 0.3) is 5.91 Å². The van der Waals surface area contributed by atoms with Crippen LogP contribution in [0, 0.1) is 0 Å². The zero-order valence-corrected chi connectivity index (χ0v) is 17.3. The Kier molecular flexibility index (Phi) is 4.90. The van der Waals surface area contributed by atoms with Crippen molar-refractivity contribution < 1.29 is 28.5 Å². The molecule has 4 rings (SSSR count). The lowest BCUT2D eigenvalue weighted by atomic mass is 9.83. The maximum atomic E-state index is 13.4. The number of fused-ring (bicyclic) bond motifs is 4. The molecule has 1 amide bonds. The van der Waals surface area contributed by atoms with E-state index in [1.54, 1.807) is 41.6 Å². The number of carbonyl (C=O) groups excluding carboxylic acids is 1. The van der Waals surface area contributed by atoms with Gasteiger partial charge in [-0.2, -0.15) is 0 Å². The Bertz CT molecular complexity index is 971. The third-order valence-electron chi connectivity index (χ3n) is 5.82. The van der Waals surface area contributed by atoms with E-state index in [0.29, 0.717) is 47.3 Å². The van der Waals surface area contributed by atoms with Gasteiger partial charge >= 0.3 is 0 Å². The summed E-state index contributed by atoms with van der Waals surface area (Å²) >= 11 is 0. The molecule has 0 saturated heterocycles. The van der Waals surface area contributed by atoms with Crippen molar-refractivity contribution >= 4 is 5.91 Å². The van der Waals surface area contributed by atoms with Crippen molar-refractivity contribution in [2.24, 2.45) is 0 Å². The molecule has 0 radical (unpaired) electrons. The fourth-order valence-corrected chi connectivity index (χ4v) is 4.45. The number of hydrogen-bond donors (Lipinski definition) is 0. The maximum absolute atomic E-state index is 13.4. The lowest BCUT2D eigenvalue weighted by molar-refractivity contribution is 0.0628. The molecule has 2 aliphatic rings. The number of benzene rings is 2. The summed E-state index contributed by atoms with van der Waals surface area (Å²) in [6.45, 7) is 0.641. The molecule has 0 bridgehead atoms. The second-order valence-electron chi connectivity index (χ2n) is 7.05. The highest BCUT2D eigenvalue weighted by atomic mass is 16.5. The molecule has 29 heavy (non-hydrogen) atoms. The molecule has 0 spiro atoms. The predicted molar refractivity (Wildman–Crippen MR) is 107 cm³/mol. The average molecular weight is 399 g/mol. The Morgan fingerprint density at radius 3 is 2.10 bits per heavy atom. The summed E-state index contributed by atoms with van der Waals surface area (Å²) in [5.74, 6) is 2.85. The monoisotopic (exact) mass is 399 g/mol. The molecule has 2 aromatic rings. The molecule has 7 nitrogen and oxygen atoms in total. The standard InChI is InChI=1S/C22H25NO6/c1-25-17-8-12-6-7-23-16(13(12)10-18(17)26-2)9-14-15(22(23)24)11-19(27-3)21(29-5)20(14)28-4/h8,10-11,16H,6-7,9H2,1-5H3. The van der Waals surface area contributed by atoms with E-state index in [0.717, 1.165) is 17.5 Å². The Balaban J connectivity index is 1.87. The molecule has 154 valence electrons. The van der Waals surface area contributed by atoms with Crippen molar-refractivity contribution in [2.75, 3.05) is 42.1 Å². The highest BCUT2D eigenvalue weighted by molar-refractivity contribution is 5.99. The van der Waals surface area contributed by atoms with E-state index < -0.39 is 0 Å². The molecule has 2 aliphatic heterocycles. The number of nitrogens with zero attached hydrogens (tertiary/aromatic N) is 1. The lowest BCUT2D eigenvalue weighted by Crippen LogP contribution is -2.44. The quantitative estimate of drug-likeness (QED) is 0.770. The Hall–Kier alpha value is -3.09. The van der Waals surface area contributed by atoms with Crippen LogP contribution >= 0.6 is 0 Å². The van der Waals surface area contributed by atoms with Crippen LogP contribution in [0.1, 0.15) is 33.1 Å². The third-order valence-corrected chi connectivity index (χ3v) is 5.82. The van der Waals surface area contributed by atoms with Gasteiger partial charge in [0.05, 0.1) is 47.2 Å². The second-order valence-corrected chi connectivity index (χ2v) is 7.05. The molecule has 2 aromatic carbocycles. The van der Waals surface area contributed by atoms with Crippen LogP contribution in [-0.2, 0) is 12.8 Å². The highest BCUT2D eigenvalue weighted by Crippen LogP contribution is 2.49. The van der Waals surface area contributed by atoms with Gasteiger partial charge < -0.3 is 28.6 Å². The van der Waals surface area contributed by atoms with E-state index in [-0.39, 0.29) is 11.9 Å². The zero-order chi connectivity index (χ0) is 20.7. The van der Waals surface area contributed by atoms with E-state index in [1.165, 1.54) is 5.56 Å². The number of rotatable bonds is 5. The molecule has 7 heteroatoms. The Morgan fingerprint density at radius 2 is 1.48 bits per heavy atom. The number of carbonyl (C=O) groups is 1. The van der Waals surface area contributed by atoms with Crippen LogP contribution in [0.25, 0.3) is 0 Å². The van der Waals surface area contributed by atoms with E-state index in [9.17, 15) is 4.79 Å². The van der Waals surface area contributed by atoms with Gasteiger partial charge in [0.2, 0.25) is 5.75 Å². The minimum absolute atomic E-state index is 0.0315. The number of hydrogen-bond acceptors (Lipinski definition) is 6. The molecule has 0 N–H and O–H groups in total. The van der Waals surface area contributed by atoms with Crippen LogP contribution in [0.4, 0.5) is 0 Å². The van der Waals surface area contributed by atoms with Gasteiger partial charge in [-0.3, -0.25) is 4.79 Å². The van der Waals surface area contributed by atoms with Crippen LogP contribution in [0.5, 0.6) is 28.7 Å². The van der Waals surface area contributed by atoms with E-state index in [4.69, 9.17) is 23.7 Å². The summed E-state index contributed by atoms with van der Waals surface area (Å²) in [6.07, 6.45) is 1.38. The van der Waals surface area contributed by atoms with Crippen molar-refractivity contribution in [1.29, 1.82) is 0 Å². The third kappa shape index (κ3) is 2.84. The van der Waals surface area contributed by atoms with Crippen LogP contribution < -0.4 is 23.7 Å². The first kappa shape index (κ1) is 19.2. The molecule has 1 unspecified atom stereocenters. The van der Waals surface area contributed by atoms with Crippen molar-refractivity contribution in [3.8, 4) is 28.7 Å². The molecule has 0 aliphatic carbocycles. The summed E-state index contributed by atoms with van der Waals surface area (Å²) < 4.78 is 27.6. The maximum Gasteiger partial charge on any atom is 0.254 e. The van der Waals surface area contributed by atoms with Gasteiger partial charge in [-0.05, 0) is 35.7 Å². The minimum atomic E-state index is -0.106. The van der Waals surface area contributed by atoms with Crippen LogP contribution in [-0.4, -0.2) is 52.9 Å². The number of methoxy groups -OCH3 is 5.